The van der Waals surface area contributed by atoms with Crippen molar-refractivity contribution in [2.75, 3.05) is 12.4 Å². The molecule has 6 nitrogen and oxygen atoms in total. The summed E-state index contributed by atoms with van der Waals surface area (Å²) in [4.78, 5) is 24.2. The van der Waals surface area contributed by atoms with Crippen LogP contribution < -0.4 is 10.1 Å². The van der Waals surface area contributed by atoms with Crippen molar-refractivity contribution in [2.24, 2.45) is 0 Å². The number of rotatable bonds is 4. The molecule has 2 N–H and O–H groups in total. The summed E-state index contributed by atoms with van der Waals surface area (Å²) in [7, 11) is 1.49. The predicted molar refractivity (Wildman–Crippen MR) is 101 cm³/mol. The van der Waals surface area contributed by atoms with Crippen LogP contribution in [0.4, 0.5) is 14.5 Å². The summed E-state index contributed by atoms with van der Waals surface area (Å²) in [5.74, 6) is -3.28. The number of aromatic carboxylic acids is 1. The van der Waals surface area contributed by atoms with E-state index in [-0.39, 0.29) is 29.3 Å². The number of halogens is 2. The average molecular weight is 398 g/mol. The highest BCUT2D eigenvalue weighted by Gasteiger charge is 2.35. The summed E-state index contributed by atoms with van der Waals surface area (Å²) in [5, 5.41) is 12.2. The summed E-state index contributed by atoms with van der Waals surface area (Å²) >= 11 is 0. The molecule has 0 radical (unpaired) electrons. The number of nitrogens with one attached hydrogen (secondary N) is 1. The van der Waals surface area contributed by atoms with Gasteiger partial charge in [-0.1, -0.05) is 18.2 Å². The van der Waals surface area contributed by atoms with Gasteiger partial charge in [-0.15, -0.1) is 0 Å². The molecule has 0 fully saturated rings. The fourth-order valence-electron chi connectivity index (χ4n) is 3.73. The molecular formula is C21H16F2N2O4. The molecule has 0 spiro atoms. The lowest BCUT2D eigenvalue weighted by Crippen LogP contribution is -2.25. The molecule has 29 heavy (non-hydrogen) atoms. The quantitative estimate of drug-likeness (QED) is 0.698. The maximum Gasteiger partial charge on any atom is 0.339 e. The van der Waals surface area contributed by atoms with Crippen LogP contribution in [0.1, 0.15) is 34.0 Å². The van der Waals surface area contributed by atoms with Crippen LogP contribution in [0.5, 0.6) is 5.75 Å². The van der Waals surface area contributed by atoms with E-state index in [1.165, 1.54) is 17.9 Å². The molecule has 2 aromatic carbocycles. The Balaban J connectivity index is 2.01. The Hall–Kier alpha value is -3.68. The molecule has 1 aliphatic heterocycles. The van der Waals surface area contributed by atoms with Gasteiger partial charge in [0, 0.05) is 30.2 Å². The zero-order valence-electron chi connectivity index (χ0n) is 15.3. The molecule has 1 atom stereocenters. The van der Waals surface area contributed by atoms with Crippen molar-refractivity contribution in [1.82, 2.24) is 4.57 Å². The summed E-state index contributed by atoms with van der Waals surface area (Å²) in [6.45, 7) is 0. The standard InChI is InChI=1S/C21H16F2N2O4/c1-29-17-5-3-2-4-14(17)15-9-18(26)24-19-16(21(27)28)10-25(20(15)19)13-7-11(22)6-12(23)8-13/h2-8,10,15H,9H2,1H3,(H,24,26)(H,27,28)/t15-/m0/s1. The van der Waals surface area contributed by atoms with Crippen LogP contribution in [0.2, 0.25) is 0 Å². The zero-order valence-corrected chi connectivity index (χ0v) is 15.3. The van der Waals surface area contributed by atoms with Crippen molar-refractivity contribution in [3.05, 3.63) is 77.1 Å². The van der Waals surface area contributed by atoms with E-state index in [2.05, 4.69) is 5.32 Å². The summed E-state index contributed by atoms with van der Waals surface area (Å²) in [6, 6.07) is 9.99. The van der Waals surface area contributed by atoms with Gasteiger partial charge in [0.15, 0.2) is 0 Å². The van der Waals surface area contributed by atoms with Gasteiger partial charge >= 0.3 is 5.97 Å². The van der Waals surface area contributed by atoms with E-state index >= 15 is 0 Å². The van der Waals surface area contributed by atoms with Gasteiger partial charge < -0.3 is 19.7 Å². The zero-order chi connectivity index (χ0) is 20.7. The van der Waals surface area contributed by atoms with Crippen LogP contribution in [-0.4, -0.2) is 28.7 Å². The van der Waals surface area contributed by atoms with Gasteiger partial charge in [0.2, 0.25) is 5.91 Å². The third-order valence-corrected chi connectivity index (χ3v) is 4.90. The van der Waals surface area contributed by atoms with Crippen LogP contribution in [0.3, 0.4) is 0 Å². The van der Waals surface area contributed by atoms with Crippen LogP contribution in [0.25, 0.3) is 5.69 Å². The van der Waals surface area contributed by atoms with Gasteiger partial charge in [-0.05, 0) is 18.2 Å². The summed E-state index contributed by atoms with van der Waals surface area (Å²) < 4.78 is 34.5. The summed E-state index contributed by atoms with van der Waals surface area (Å²) in [6.07, 6.45) is 1.28. The van der Waals surface area contributed by atoms with Gasteiger partial charge in [0.1, 0.15) is 22.9 Å². The number of amides is 1. The predicted octanol–water partition coefficient (Wildman–Crippen LogP) is 3.94. The van der Waals surface area contributed by atoms with Crippen molar-refractivity contribution in [1.29, 1.82) is 0 Å². The highest BCUT2D eigenvalue weighted by molar-refractivity contribution is 6.04. The molecular weight excluding hydrogens is 382 g/mol. The fraction of sp³-hybridized carbons (Fsp3) is 0.143. The van der Waals surface area contributed by atoms with Crippen LogP contribution in [0.15, 0.2) is 48.7 Å². The van der Waals surface area contributed by atoms with Crippen LogP contribution >= 0.6 is 0 Å². The molecule has 4 rings (SSSR count). The second kappa shape index (κ2) is 7.05. The number of fused-ring (bicyclic) bond motifs is 1. The van der Waals surface area contributed by atoms with Gasteiger partial charge in [-0.2, -0.15) is 0 Å². The van der Waals surface area contributed by atoms with Crippen LogP contribution in [0, 0.1) is 11.6 Å². The number of carboxylic acid groups (broad SMARTS) is 1. The minimum absolute atomic E-state index is 0.0221. The third kappa shape index (κ3) is 3.22. The first-order chi connectivity index (χ1) is 13.9. The number of carbonyl (C=O) groups excluding carboxylic acids is 1. The molecule has 0 saturated carbocycles. The Morgan fingerprint density at radius 1 is 1.21 bits per heavy atom. The number of anilines is 1. The third-order valence-electron chi connectivity index (χ3n) is 4.90. The maximum absolute atomic E-state index is 13.9. The molecule has 0 aliphatic carbocycles. The van der Waals surface area contributed by atoms with E-state index in [0.29, 0.717) is 17.0 Å². The Kier molecular flexibility index (Phi) is 4.54. The fourth-order valence-corrected chi connectivity index (χ4v) is 3.73. The number of aromatic nitrogens is 1. The first kappa shape index (κ1) is 18.7. The topological polar surface area (TPSA) is 80.6 Å². The van der Waals surface area contributed by atoms with E-state index < -0.39 is 23.5 Å². The lowest BCUT2D eigenvalue weighted by atomic mass is 9.87. The van der Waals surface area contributed by atoms with Crippen molar-refractivity contribution in [3.63, 3.8) is 0 Å². The molecule has 1 aliphatic rings. The second-order valence-corrected chi connectivity index (χ2v) is 6.65. The second-order valence-electron chi connectivity index (χ2n) is 6.65. The largest absolute Gasteiger partial charge is 0.496 e. The molecule has 0 unspecified atom stereocenters. The lowest BCUT2D eigenvalue weighted by molar-refractivity contribution is -0.116. The van der Waals surface area contributed by atoms with Gasteiger partial charge in [-0.3, -0.25) is 4.79 Å². The van der Waals surface area contributed by atoms with Crippen molar-refractivity contribution < 1.29 is 28.2 Å². The molecule has 0 bridgehead atoms. The molecule has 3 aromatic rings. The Morgan fingerprint density at radius 3 is 2.55 bits per heavy atom. The highest BCUT2D eigenvalue weighted by Crippen LogP contribution is 2.44. The SMILES string of the molecule is COc1ccccc1[C@@H]1CC(=O)Nc2c(C(=O)O)cn(-c3cc(F)cc(F)c3)c21. The van der Waals surface area contributed by atoms with Crippen molar-refractivity contribution >= 4 is 17.6 Å². The van der Waals surface area contributed by atoms with E-state index in [9.17, 15) is 23.5 Å². The van der Waals surface area contributed by atoms with E-state index in [1.807, 2.05) is 0 Å². The Labute approximate surface area is 164 Å². The molecule has 148 valence electrons. The van der Waals surface area contributed by atoms with E-state index in [0.717, 1.165) is 18.2 Å². The molecule has 2 heterocycles. The average Bonchev–Trinajstić information content (AvgIpc) is 3.06. The van der Waals surface area contributed by atoms with Gasteiger partial charge in [0.25, 0.3) is 0 Å². The summed E-state index contributed by atoms with van der Waals surface area (Å²) in [5.41, 5.74) is 1.13. The number of carboxylic acids is 1. The number of benzene rings is 2. The van der Waals surface area contributed by atoms with Crippen LogP contribution in [-0.2, 0) is 4.79 Å². The molecule has 1 amide bonds. The number of methoxy groups -OCH3 is 1. The number of carbonyl (C=O) groups is 2. The van der Waals surface area contributed by atoms with Crippen molar-refractivity contribution in [2.45, 2.75) is 12.3 Å². The first-order valence-electron chi connectivity index (χ1n) is 8.76. The first-order valence-corrected chi connectivity index (χ1v) is 8.76. The number of hydrogen-bond acceptors (Lipinski definition) is 3. The monoisotopic (exact) mass is 398 g/mol. The Morgan fingerprint density at radius 2 is 1.90 bits per heavy atom. The van der Waals surface area contributed by atoms with Gasteiger partial charge in [0.05, 0.1) is 24.2 Å². The smallest absolute Gasteiger partial charge is 0.339 e. The van der Waals surface area contributed by atoms with Crippen molar-refractivity contribution in [3.8, 4) is 11.4 Å². The van der Waals surface area contributed by atoms with Gasteiger partial charge in [-0.25, -0.2) is 13.6 Å². The number of nitrogens with zero attached hydrogens (tertiary/aromatic N) is 1. The van der Waals surface area contributed by atoms with E-state index in [4.69, 9.17) is 4.74 Å². The number of para-hydroxylation sites is 1. The lowest BCUT2D eigenvalue weighted by Gasteiger charge is -2.27. The number of hydrogen-bond donors (Lipinski definition) is 2. The van der Waals surface area contributed by atoms with E-state index in [1.54, 1.807) is 24.3 Å². The molecule has 0 saturated heterocycles. The minimum atomic E-state index is -1.27. The molecule has 8 heteroatoms. The Bertz CT molecular complexity index is 1120. The normalized spacial score (nSPS) is 15.6. The maximum atomic E-state index is 13.9. The molecule has 1 aromatic heterocycles. The highest BCUT2D eigenvalue weighted by atomic mass is 19.1. The minimum Gasteiger partial charge on any atom is -0.496 e. The number of ether oxygens (including phenoxy) is 1.